The van der Waals surface area contributed by atoms with E-state index in [1.54, 1.807) is 5.01 Å². The number of hydrogen-bond donors (Lipinski definition) is 0. The van der Waals surface area contributed by atoms with Crippen LogP contribution in [0.2, 0.25) is 0 Å². The first-order chi connectivity index (χ1) is 17.9. The maximum absolute atomic E-state index is 13.7. The predicted octanol–water partition coefficient (Wildman–Crippen LogP) is 6.55. The van der Waals surface area contributed by atoms with Crippen molar-refractivity contribution in [1.29, 1.82) is 0 Å². The van der Waals surface area contributed by atoms with Gasteiger partial charge >= 0.3 is 0 Å². The summed E-state index contributed by atoms with van der Waals surface area (Å²) in [5, 5.41) is 6.76. The lowest BCUT2D eigenvalue weighted by atomic mass is 9.90. The monoisotopic (exact) mass is 493 g/mol. The third-order valence-corrected chi connectivity index (χ3v) is 8.23. The number of aryl methyl sites for hydroxylation is 4. The van der Waals surface area contributed by atoms with Gasteiger partial charge in [-0.05, 0) is 105 Å². The normalized spacial score (nSPS) is 18.8. The summed E-state index contributed by atoms with van der Waals surface area (Å²) in [7, 11) is 0. The Labute approximate surface area is 222 Å². The Balaban J connectivity index is 1.31. The molecule has 5 rings (SSSR count). The van der Waals surface area contributed by atoms with Gasteiger partial charge in [0.25, 0.3) is 5.91 Å². The maximum Gasteiger partial charge on any atom is 0.257 e. The molecule has 1 amide bonds. The van der Waals surface area contributed by atoms with Gasteiger partial charge in [0.1, 0.15) is 0 Å². The molecular formula is C33H39N3O. The number of amides is 1. The summed E-state index contributed by atoms with van der Waals surface area (Å²) in [4.78, 5) is 16.1. The third kappa shape index (κ3) is 5.86. The van der Waals surface area contributed by atoms with Crippen molar-refractivity contribution in [2.75, 3.05) is 19.6 Å². The van der Waals surface area contributed by atoms with Gasteiger partial charge in [0.15, 0.2) is 0 Å². The molecule has 0 aromatic heterocycles. The maximum atomic E-state index is 13.7. The van der Waals surface area contributed by atoms with Crippen molar-refractivity contribution in [3.05, 3.63) is 106 Å². The highest BCUT2D eigenvalue weighted by Crippen LogP contribution is 2.35. The zero-order chi connectivity index (χ0) is 25.9. The van der Waals surface area contributed by atoms with E-state index in [0.29, 0.717) is 12.5 Å². The molecule has 0 spiro atoms. The lowest BCUT2D eigenvalue weighted by molar-refractivity contribution is -0.134. The van der Waals surface area contributed by atoms with E-state index >= 15 is 0 Å². The van der Waals surface area contributed by atoms with Gasteiger partial charge in [-0.15, -0.1) is 0 Å². The van der Waals surface area contributed by atoms with Crippen LogP contribution >= 0.6 is 0 Å². The quantitative estimate of drug-likeness (QED) is 0.390. The number of piperidine rings is 1. The second-order valence-corrected chi connectivity index (χ2v) is 11.1. The molecule has 0 unspecified atom stereocenters. The number of nitrogens with zero attached hydrogens (tertiary/aromatic N) is 3. The highest BCUT2D eigenvalue weighted by Gasteiger charge is 2.35. The van der Waals surface area contributed by atoms with Crippen LogP contribution in [0.15, 0.2) is 71.8 Å². The number of hydrogen-bond acceptors (Lipinski definition) is 3. The number of carbonyl (C=O) groups excluding carboxylic acids is 1. The van der Waals surface area contributed by atoms with Crippen LogP contribution in [0.4, 0.5) is 0 Å². The van der Waals surface area contributed by atoms with Crippen LogP contribution in [-0.4, -0.2) is 41.2 Å². The summed E-state index contributed by atoms with van der Waals surface area (Å²) in [5.41, 5.74) is 9.71. The van der Waals surface area contributed by atoms with E-state index in [-0.39, 0.29) is 11.9 Å². The molecule has 0 N–H and O–H groups in total. The SMILES string of the molecule is Cc1ccc(C)c([C@H]2CC(c3ccc(C)c(C)c3)=NN2C(=O)CN2CCC(Cc3ccccc3)CC2)c1. The standard InChI is InChI=1S/C33H39N3O/c1-23-10-11-25(3)30(18-23)32-21-31(29-13-12-24(2)26(4)19-29)34-36(32)33(37)22-35-16-14-28(15-17-35)20-27-8-6-5-7-9-27/h5-13,18-19,28,32H,14-17,20-22H2,1-4H3/t32-/m1/s1. The van der Waals surface area contributed by atoms with Crippen LogP contribution in [0.25, 0.3) is 0 Å². The smallest absolute Gasteiger partial charge is 0.257 e. The van der Waals surface area contributed by atoms with Crippen LogP contribution in [0, 0.1) is 33.6 Å². The molecule has 3 aromatic carbocycles. The van der Waals surface area contributed by atoms with Crippen LogP contribution < -0.4 is 0 Å². The largest absolute Gasteiger partial charge is 0.294 e. The van der Waals surface area contributed by atoms with Crippen molar-refractivity contribution in [2.24, 2.45) is 11.0 Å². The summed E-state index contributed by atoms with van der Waals surface area (Å²) in [5.74, 6) is 0.795. The Morgan fingerprint density at radius 2 is 1.59 bits per heavy atom. The average molecular weight is 494 g/mol. The van der Waals surface area contributed by atoms with E-state index in [1.807, 2.05) is 0 Å². The van der Waals surface area contributed by atoms with E-state index in [9.17, 15) is 4.79 Å². The molecule has 0 radical (unpaired) electrons. The molecule has 1 atom stereocenters. The van der Waals surface area contributed by atoms with Crippen molar-refractivity contribution < 1.29 is 4.79 Å². The molecule has 1 saturated heterocycles. The summed E-state index contributed by atoms with van der Waals surface area (Å²) in [6.07, 6.45) is 4.16. The lowest BCUT2D eigenvalue weighted by Crippen LogP contribution is -2.42. The highest BCUT2D eigenvalue weighted by molar-refractivity contribution is 6.03. The van der Waals surface area contributed by atoms with Crippen molar-refractivity contribution in [3.63, 3.8) is 0 Å². The molecular weight excluding hydrogens is 454 g/mol. The molecule has 2 aliphatic rings. The van der Waals surface area contributed by atoms with Gasteiger partial charge in [0.2, 0.25) is 0 Å². The summed E-state index contributed by atoms with van der Waals surface area (Å²) in [6, 6.07) is 23.8. The van der Waals surface area contributed by atoms with E-state index < -0.39 is 0 Å². The Kier molecular flexibility index (Phi) is 7.57. The average Bonchev–Trinajstić information content (AvgIpc) is 3.34. The molecule has 4 heteroatoms. The molecule has 0 aliphatic carbocycles. The second-order valence-electron chi connectivity index (χ2n) is 11.1. The minimum absolute atomic E-state index is 0.0559. The van der Waals surface area contributed by atoms with Crippen LogP contribution in [0.1, 0.15) is 64.2 Å². The van der Waals surface area contributed by atoms with Crippen molar-refractivity contribution in [1.82, 2.24) is 9.91 Å². The third-order valence-electron chi connectivity index (χ3n) is 8.23. The van der Waals surface area contributed by atoms with Crippen molar-refractivity contribution >= 4 is 11.6 Å². The molecule has 1 fully saturated rings. The van der Waals surface area contributed by atoms with Gasteiger partial charge in [0.05, 0.1) is 18.3 Å². The molecule has 2 heterocycles. The van der Waals surface area contributed by atoms with Crippen molar-refractivity contribution in [2.45, 2.75) is 59.4 Å². The van der Waals surface area contributed by atoms with E-state index in [2.05, 4.69) is 99.3 Å². The molecule has 3 aromatic rings. The van der Waals surface area contributed by atoms with Crippen LogP contribution in [-0.2, 0) is 11.2 Å². The first kappa shape index (κ1) is 25.4. The number of hydrazone groups is 1. The molecule has 37 heavy (non-hydrogen) atoms. The molecule has 192 valence electrons. The van der Waals surface area contributed by atoms with E-state index in [4.69, 9.17) is 5.10 Å². The second kappa shape index (κ2) is 11.0. The number of carbonyl (C=O) groups is 1. The molecule has 0 saturated carbocycles. The van der Waals surface area contributed by atoms with Crippen LogP contribution in [0.3, 0.4) is 0 Å². The molecule has 4 nitrogen and oxygen atoms in total. The van der Waals surface area contributed by atoms with E-state index in [0.717, 1.165) is 50.0 Å². The van der Waals surface area contributed by atoms with Gasteiger partial charge in [-0.3, -0.25) is 9.69 Å². The van der Waals surface area contributed by atoms with Crippen molar-refractivity contribution in [3.8, 4) is 0 Å². The summed E-state index contributed by atoms with van der Waals surface area (Å²) in [6.45, 7) is 10.9. The number of benzene rings is 3. The predicted molar refractivity (Wildman–Crippen MR) is 152 cm³/mol. The van der Waals surface area contributed by atoms with Gasteiger partial charge in [0, 0.05) is 6.42 Å². The first-order valence-electron chi connectivity index (χ1n) is 13.7. The fraction of sp³-hybridized carbons (Fsp3) is 0.394. The lowest BCUT2D eigenvalue weighted by Gasteiger charge is -2.33. The van der Waals surface area contributed by atoms with E-state index in [1.165, 1.54) is 33.4 Å². The number of rotatable bonds is 6. The summed E-state index contributed by atoms with van der Waals surface area (Å²) >= 11 is 0. The highest BCUT2D eigenvalue weighted by atomic mass is 16.2. The minimum Gasteiger partial charge on any atom is -0.294 e. The topological polar surface area (TPSA) is 35.9 Å². The zero-order valence-electron chi connectivity index (χ0n) is 22.7. The fourth-order valence-electron chi connectivity index (χ4n) is 5.76. The fourth-order valence-corrected chi connectivity index (χ4v) is 5.76. The molecule has 2 aliphatic heterocycles. The summed E-state index contributed by atoms with van der Waals surface area (Å²) < 4.78 is 0. The first-order valence-corrected chi connectivity index (χ1v) is 13.7. The van der Waals surface area contributed by atoms with Gasteiger partial charge in [-0.25, -0.2) is 5.01 Å². The Hall–Kier alpha value is -3.24. The molecule has 0 bridgehead atoms. The Morgan fingerprint density at radius 1 is 0.865 bits per heavy atom. The number of likely N-dealkylation sites (tertiary alicyclic amines) is 1. The van der Waals surface area contributed by atoms with Gasteiger partial charge < -0.3 is 0 Å². The zero-order valence-corrected chi connectivity index (χ0v) is 22.7. The Morgan fingerprint density at radius 3 is 2.32 bits per heavy atom. The minimum atomic E-state index is -0.0559. The van der Waals surface area contributed by atoms with Crippen LogP contribution in [0.5, 0.6) is 0 Å². The van der Waals surface area contributed by atoms with Gasteiger partial charge in [-0.1, -0.05) is 66.2 Å². The van der Waals surface area contributed by atoms with Gasteiger partial charge in [-0.2, -0.15) is 5.10 Å². The Bertz CT molecular complexity index is 1290.